The van der Waals surface area contributed by atoms with Crippen molar-refractivity contribution in [2.24, 2.45) is 5.73 Å². The largest absolute Gasteiger partial charge is 0.339 e. The third-order valence-corrected chi connectivity index (χ3v) is 3.48. The minimum absolute atomic E-state index is 0.168. The zero-order valence-corrected chi connectivity index (χ0v) is 10.2. The molecule has 1 amide bonds. The number of rotatable bonds is 2. The Hall–Kier alpha value is -1.87. The van der Waals surface area contributed by atoms with Crippen LogP contribution >= 0.6 is 0 Å². The third kappa shape index (κ3) is 1.97. The Balaban J connectivity index is 1.84. The Bertz CT molecular complexity index is 583. The molecule has 1 saturated heterocycles. The monoisotopic (exact) mass is 240 g/mol. The molecule has 3 nitrogen and oxygen atoms in total. The van der Waals surface area contributed by atoms with Crippen LogP contribution in [0.1, 0.15) is 5.56 Å². The average Bonchev–Trinajstić information content (AvgIpc) is 2.35. The zero-order valence-electron chi connectivity index (χ0n) is 10.2. The fraction of sp³-hybridized carbons (Fsp3) is 0.267. The number of hydrogen-bond donors (Lipinski definition) is 1. The molecule has 0 spiro atoms. The zero-order chi connectivity index (χ0) is 12.5. The lowest BCUT2D eigenvalue weighted by Gasteiger charge is -2.37. The maximum absolute atomic E-state index is 12.1. The Kier molecular flexibility index (Phi) is 2.76. The van der Waals surface area contributed by atoms with E-state index in [-0.39, 0.29) is 11.9 Å². The highest BCUT2D eigenvalue weighted by Gasteiger charge is 2.27. The summed E-state index contributed by atoms with van der Waals surface area (Å²) in [5.74, 6) is 0.174. The van der Waals surface area contributed by atoms with Crippen LogP contribution in [0.15, 0.2) is 42.5 Å². The topological polar surface area (TPSA) is 46.3 Å². The summed E-state index contributed by atoms with van der Waals surface area (Å²) in [4.78, 5) is 13.9. The van der Waals surface area contributed by atoms with E-state index in [4.69, 9.17) is 5.73 Å². The molecule has 1 aliphatic rings. The smallest absolute Gasteiger partial charge is 0.227 e. The van der Waals surface area contributed by atoms with Gasteiger partial charge in [-0.05, 0) is 16.3 Å². The van der Waals surface area contributed by atoms with Crippen molar-refractivity contribution in [1.29, 1.82) is 0 Å². The first-order valence-electron chi connectivity index (χ1n) is 6.24. The summed E-state index contributed by atoms with van der Waals surface area (Å²) in [6, 6.07) is 14.4. The van der Waals surface area contributed by atoms with E-state index in [0.29, 0.717) is 19.5 Å². The summed E-state index contributed by atoms with van der Waals surface area (Å²) in [6.45, 7) is 1.40. The predicted molar refractivity (Wildman–Crippen MR) is 72.2 cm³/mol. The summed E-state index contributed by atoms with van der Waals surface area (Å²) in [7, 11) is 0. The molecule has 1 aliphatic heterocycles. The highest BCUT2D eigenvalue weighted by molar-refractivity contribution is 5.90. The predicted octanol–water partition coefficient (Wildman–Crippen LogP) is 1.55. The van der Waals surface area contributed by atoms with Crippen molar-refractivity contribution in [3.05, 3.63) is 48.0 Å². The van der Waals surface area contributed by atoms with Crippen molar-refractivity contribution >= 4 is 16.7 Å². The molecule has 0 radical (unpaired) electrons. The van der Waals surface area contributed by atoms with Crippen molar-refractivity contribution in [2.45, 2.75) is 12.5 Å². The highest BCUT2D eigenvalue weighted by atomic mass is 16.2. The summed E-state index contributed by atoms with van der Waals surface area (Å²) >= 11 is 0. The van der Waals surface area contributed by atoms with Gasteiger partial charge in [-0.15, -0.1) is 0 Å². The van der Waals surface area contributed by atoms with Crippen LogP contribution in [0.5, 0.6) is 0 Å². The van der Waals surface area contributed by atoms with Crippen LogP contribution in [0.2, 0.25) is 0 Å². The Labute approximate surface area is 106 Å². The molecule has 0 unspecified atom stereocenters. The molecule has 0 saturated carbocycles. The lowest BCUT2D eigenvalue weighted by Crippen LogP contribution is -2.58. The number of amides is 1. The van der Waals surface area contributed by atoms with Gasteiger partial charge in [-0.25, -0.2) is 0 Å². The van der Waals surface area contributed by atoms with E-state index in [9.17, 15) is 4.79 Å². The maximum Gasteiger partial charge on any atom is 0.227 e. The van der Waals surface area contributed by atoms with E-state index in [2.05, 4.69) is 18.2 Å². The molecule has 2 aromatic carbocycles. The molecule has 0 atom stereocenters. The molecular weight excluding hydrogens is 224 g/mol. The van der Waals surface area contributed by atoms with Gasteiger partial charge in [-0.3, -0.25) is 4.79 Å². The molecule has 1 heterocycles. The van der Waals surface area contributed by atoms with Crippen molar-refractivity contribution in [3.8, 4) is 0 Å². The van der Waals surface area contributed by atoms with Crippen molar-refractivity contribution in [3.63, 3.8) is 0 Å². The van der Waals surface area contributed by atoms with E-state index < -0.39 is 0 Å². The fourth-order valence-corrected chi connectivity index (χ4v) is 2.44. The molecule has 3 heteroatoms. The Morgan fingerprint density at radius 1 is 1.17 bits per heavy atom. The molecular formula is C15H16N2O. The van der Waals surface area contributed by atoms with Gasteiger partial charge in [-0.1, -0.05) is 42.5 Å². The lowest BCUT2D eigenvalue weighted by molar-refractivity contribution is -0.134. The average molecular weight is 240 g/mol. The quantitative estimate of drug-likeness (QED) is 0.865. The second kappa shape index (κ2) is 4.42. The molecule has 0 bridgehead atoms. The SMILES string of the molecule is NC1CN(C(=O)Cc2cccc3ccccc23)C1. The standard InChI is InChI=1S/C15H16N2O/c16-13-9-17(10-13)15(18)8-12-6-3-5-11-4-1-2-7-14(11)12/h1-7,13H,8-10,16H2. The molecule has 3 rings (SSSR count). The van der Waals surface area contributed by atoms with Gasteiger partial charge >= 0.3 is 0 Å². The summed E-state index contributed by atoms with van der Waals surface area (Å²) in [5.41, 5.74) is 6.79. The second-order valence-electron chi connectivity index (χ2n) is 4.87. The van der Waals surface area contributed by atoms with E-state index in [1.165, 1.54) is 5.39 Å². The van der Waals surface area contributed by atoms with E-state index >= 15 is 0 Å². The summed E-state index contributed by atoms with van der Waals surface area (Å²) in [5, 5.41) is 2.35. The molecule has 2 aromatic rings. The number of likely N-dealkylation sites (tertiary alicyclic amines) is 1. The lowest BCUT2D eigenvalue weighted by atomic mass is 10.0. The van der Waals surface area contributed by atoms with E-state index in [1.807, 2.05) is 29.2 Å². The number of benzene rings is 2. The van der Waals surface area contributed by atoms with Crippen LogP contribution in [-0.2, 0) is 11.2 Å². The number of nitrogens with two attached hydrogens (primary N) is 1. The Morgan fingerprint density at radius 3 is 2.67 bits per heavy atom. The van der Waals surface area contributed by atoms with Gasteiger partial charge in [-0.2, -0.15) is 0 Å². The molecule has 18 heavy (non-hydrogen) atoms. The number of fused-ring (bicyclic) bond motifs is 1. The van der Waals surface area contributed by atoms with Crippen LogP contribution in [0.3, 0.4) is 0 Å². The van der Waals surface area contributed by atoms with Crippen molar-refractivity contribution < 1.29 is 4.79 Å². The van der Waals surface area contributed by atoms with Crippen molar-refractivity contribution in [2.75, 3.05) is 13.1 Å². The van der Waals surface area contributed by atoms with Crippen LogP contribution in [0, 0.1) is 0 Å². The minimum atomic E-state index is 0.168. The summed E-state index contributed by atoms with van der Waals surface area (Å²) in [6.07, 6.45) is 0.466. The van der Waals surface area contributed by atoms with Gasteiger partial charge in [0.1, 0.15) is 0 Å². The first-order valence-corrected chi connectivity index (χ1v) is 6.24. The second-order valence-corrected chi connectivity index (χ2v) is 4.87. The molecule has 0 aliphatic carbocycles. The van der Waals surface area contributed by atoms with Crippen molar-refractivity contribution in [1.82, 2.24) is 4.90 Å². The molecule has 2 N–H and O–H groups in total. The third-order valence-electron chi connectivity index (χ3n) is 3.48. The van der Waals surface area contributed by atoms with Gasteiger partial charge in [0.15, 0.2) is 0 Å². The van der Waals surface area contributed by atoms with Crippen LogP contribution in [-0.4, -0.2) is 29.9 Å². The number of hydrogen-bond acceptors (Lipinski definition) is 2. The van der Waals surface area contributed by atoms with E-state index in [1.54, 1.807) is 0 Å². The Morgan fingerprint density at radius 2 is 1.89 bits per heavy atom. The van der Waals surface area contributed by atoms with Crippen LogP contribution < -0.4 is 5.73 Å². The molecule has 1 fully saturated rings. The fourth-order valence-electron chi connectivity index (χ4n) is 2.44. The van der Waals surface area contributed by atoms with Gasteiger partial charge in [0.25, 0.3) is 0 Å². The van der Waals surface area contributed by atoms with E-state index in [0.717, 1.165) is 10.9 Å². The van der Waals surface area contributed by atoms with Crippen LogP contribution in [0.25, 0.3) is 10.8 Å². The summed E-state index contributed by atoms with van der Waals surface area (Å²) < 4.78 is 0. The highest BCUT2D eigenvalue weighted by Crippen LogP contribution is 2.20. The normalized spacial score (nSPS) is 15.7. The molecule has 92 valence electrons. The van der Waals surface area contributed by atoms with Gasteiger partial charge in [0, 0.05) is 19.1 Å². The minimum Gasteiger partial charge on any atom is -0.339 e. The van der Waals surface area contributed by atoms with Crippen LogP contribution in [0.4, 0.5) is 0 Å². The number of nitrogens with zero attached hydrogens (tertiary/aromatic N) is 1. The number of carbonyl (C=O) groups excluding carboxylic acids is 1. The first kappa shape index (κ1) is 11.2. The number of carbonyl (C=O) groups is 1. The van der Waals surface area contributed by atoms with Gasteiger partial charge in [0.2, 0.25) is 5.91 Å². The first-order chi connectivity index (χ1) is 8.74. The molecule has 0 aromatic heterocycles. The van der Waals surface area contributed by atoms with Gasteiger partial charge in [0.05, 0.1) is 6.42 Å². The maximum atomic E-state index is 12.1. The van der Waals surface area contributed by atoms with Gasteiger partial charge < -0.3 is 10.6 Å².